The molecule has 0 saturated heterocycles. The Labute approximate surface area is 118 Å². The number of esters is 1. The molecule has 0 saturated carbocycles. The Bertz CT molecular complexity index is 522. The molecule has 18 heavy (non-hydrogen) atoms. The molecule has 0 aliphatic heterocycles. The van der Waals surface area contributed by atoms with E-state index in [9.17, 15) is 13.2 Å². The summed E-state index contributed by atoms with van der Waals surface area (Å²) in [5, 5.41) is 0. The molecule has 0 fully saturated rings. The van der Waals surface area contributed by atoms with Gasteiger partial charge in [-0.2, -0.15) is 0 Å². The average Bonchev–Trinajstić information content (AvgIpc) is 2.66. The van der Waals surface area contributed by atoms with Gasteiger partial charge in [-0.15, -0.1) is 0 Å². The molecular formula is C10H12BrClO5S. The van der Waals surface area contributed by atoms with Gasteiger partial charge in [-0.25, -0.2) is 13.2 Å². The lowest BCUT2D eigenvalue weighted by Crippen LogP contribution is -2.05. The summed E-state index contributed by atoms with van der Waals surface area (Å²) in [4.78, 5) is 11.2. The first-order valence-electron chi connectivity index (χ1n) is 5.27. The molecule has 0 bridgehead atoms. The lowest BCUT2D eigenvalue weighted by atomic mass is 10.3. The first-order chi connectivity index (χ1) is 8.36. The summed E-state index contributed by atoms with van der Waals surface area (Å²) in [5.74, 6) is -0.907. The molecule has 0 aromatic carbocycles. The van der Waals surface area contributed by atoms with Gasteiger partial charge in [0.1, 0.15) is 4.90 Å². The van der Waals surface area contributed by atoms with Gasteiger partial charge >= 0.3 is 5.97 Å². The Morgan fingerprint density at radius 3 is 2.67 bits per heavy atom. The maximum atomic E-state index is 11.5. The Kier molecular flexibility index (Phi) is 5.68. The zero-order valence-corrected chi connectivity index (χ0v) is 12.8. The van der Waals surface area contributed by atoms with Crippen molar-refractivity contribution in [3.8, 4) is 0 Å². The van der Waals surface area contributed by atoms with Crippen LogP contribution in [0.25, 0.3) is 0 Å². The molecule has 1 aromatic heterocycles. The van der Waals surface area contributed by atoms with E-state index in [-0.39, 0.29) is 21.9 Å². The molecule has 1 aromatic rings. The topological polar surface area (TPSA) is 73.6 Å². The second kappa shape index (κ2) is 6.58. The molecular weight excluding hydrogens is 348 g/mol. The SMILES string of the molecule is CCCCCOC(=O)c1cc(S(=O)(=O)Cl)c(Br)o1. The Morgan fingerprint density at radius 2 is 2.17 bits per heavy atom. The van der Waals surface area contributed by atoms with Crippen molar-refractivity contribution in [1.29, 1.82) is 0 Å². The highest BCUT2D eigenvalue weighted by Crippen LogP contribution is 2.29. The highest BCUT2D eigenvalue weighted by atomic mass is 79.9. The van der Waals surface area contributed by atoms with Crippen molar-refractivity contribution in [3.05, 3.63) is 16.5 Å². The van der Waals surface area contributed by atoms with Crippen LogP contribution in [0.3, 0.4) is 0 Å². The molecule has 0 unspecified atom stereocenters. The van der Waals surface area contributed by atoms with Gasteiger partial charge in [0.15, 0.2) is 4.67 Å². The second-order valence-corrected chi connectivity index (χ2v) is 6.78. The number of hydrogen-bond donors (Lipinski definition) is 0. The number of carbonyl (C=O) groups excluding carboxylic acids is 1. The molecule has 0 atom stereocenters. The van der Waals surface area contributed by atoms with E-state index < -0.39 is 15.0 Å². The van der Waals surface area contributed by atoms with Crippen LogP contribution in [-0.2, 0) is 13.8 Å². The quantitative estimate of drug-likeness (QED) is 0.442. The van der Waals surface area contributed by atoms with Crippen LogP contribution in [0, 0.1) is 0 Å². The summed E-state index contributed by atoms with van der Waals surface area (Å²) in [6.07, 6.45) is 2.72. The Morgan fingerprint density at radius 1 is 1.50 bits per heavy atom. The molecule has 0 amide bonds. The van der Waals surface area contributed by atoms with Crippen molar-refractivity contribution < 1.29 is 22.4 Å². The third-order valence-corrected chi connectivity index (χ3v) is 4.28. The van der Waals surface area contributed by atoms with Gasteiger partial charge < -0.3 is 9.15 Å². The fraction of sp³-hybridized carbons (Fsp3) is 0.500. The molecule has 1 rings (SSSR count). The first kappa shape index (κ1) is 15.5. The van der Waals surface area contributed by atoms with Crippen molar-refractivity contribution in [1.82, 2.24) is 0 Å². The maximum Gasteiger partial charge on any atom is 0.374 e. The van der Waals surface area contributed by atoms with E-state index in [1.807, 2.05) is 6.92 Å². The van der Waals surface area contributed by atoms with Crippen molar-refractivity contribution in [2.75, 3.05) is 6.61 Å². The summed E-state index contributed by atoms with van der Waals surface area (Å²) < 4.78 is 32.0. The molecule has 8 heteroatoms. The second-order valence-electron chi connectivity index (χ2n) is 3.53. The van der Waals surface area contributed by atoms with Crippen LogP contribution in [0.1, 0.15) is 36.7 Å². The minimum absolute atomic E-state index is 0.113. The smallest absolute Gasteiger partial charge is 0.374 e. The molecule has 5 nitrogen and oxygen atoms in total. The van der Waals surface area contributed by atoms with E-state index in [2.05, 4.69) is 15.9 Å². The molecule has 0 radical (unpaired) electrons. The third kappa shape index (κ3) is 4.29. The van der Waals surface area contributed by atoms with Gasteiger partial charge in [0.05, 0.1) is 6.61 Å². The van der Waals surface area contributed by atoms with E-state index in [4.69, 9.17) is 19.8 Å². The molecule has 1 heterocycles. The van der Waals surface area contributed by atoms with Crippen LogP contribution in [-0.4, -0.2) is 21.0 Å². The van der Waals surface area contributed by atoms with Crippen LogP contribution in [0.2, 0.25) is 0 Å². The molecule has 102 valence electrons. The predicted octanol–water partition coefficient (Wildman–Crippen LogP) is 3.32. The Balaban J connectivity index is 2.71. The van der Waals surface area contributed by atoms with Crippen LogP contribution in [0.5, 0.6) is 0 Å². The standard InChI is InChI=1S/C10H12BrClO5S/c1-2-3-4-5-16-10(13)7-6-8(9(11)17-7)18(12,14)15/h6H,2-5H2,1H3. The third-order valence-electron chi connectivity index (χ3n) is 2.10. The summed E-state index contributed by atoms with van der Waals surface area (Å²) in [7, 11) is 1.21. The van der Waals surface area contributed by atoms with Crippen molar-refractivity contribution >= 4 is 41.6 Å². The van der Waals surface area contributed by atoms with Crippen LogP contribution in [0.15, 0.2) is 20.0 Å². The average molecular weight is 360 g/mol. The summed E-state index contributed by atoms with van der Waals surface area (Å²) >= 11 is 2.88. The summed E-state index contributed by atoms with van der Waals surface area (Å²) in [6.45, 7) is 2.30. The largest absolute Gasteiger partial charge is 0.460 e. The Hall–Kier alpha value is -0.530. The van der Waals surface area contributed by atoms with E-state index in [0.717, 1.165) is 25.3 Å². The fourth-order valence-corrected chi connectivity index (χ4v) is 3.24. The van der Waals surface area contributed by atoms with Crippen molar-refractivity contribution in [2.24, 2.45) is 0 Å². The van der Waals surface area contributed by atoms with E-state index in [1.54, 1.807) is 0 Å². The number of halogens is 2. The maximum absolute atomic E-state index is 11.5. The lowest BCUT2D eigenvalue weighted by Gasteiger charge is -2.00. The van der Waals surface area contributed by atoms with E-state index >= 15 is 0 Å². The van der Waals surface area contributed by atoms with Gasteiger partial charge in [0, 0.05) is 16.7 Å². The number of carbonyl (C=O) groups is 1. The van der Waals surface area contributed by atoms with Crippen molar-refractivity contribution in [2.45, 2.75) is 31.1 Å². The van der Waals surface area contributed by atoms with Crippen LogP contribution >= 0.6 is 26.6 Å². The van der Waals surface area contributed by atoms with Gasteiger partial charge in [-0.1, -0.05) is 19.8 Å². The minimum Gasteiger partial charge on any atom is -0.460 e. The predicted molar refractivity (Wildman–Crippen MR) is 69.3 cm³/mol. The normalized spacial score (nSPS) is 11.5. The summed E-state index contributed by atoms with van der Waals surface area (Å²) in [5.41, 5.74) is 0. The first-order valence-corrected chi connectivity index (χ1v) is 8.37. The molecule has 0 N–H and O–H groups in total. The number of unbranched alkanes of at least 4 members (excludes halogenated alkanes) is 2. The number of rotatable bonds is 6. The van der Waals surface area contributed by atoms with Gasteiger partial charge in [-0.3, -0.25) is 0 Å². The highest BCUT2D eigenvalue weighted by molar-refractivity contribution is 9.10. The zero-order valence-electron chi connectivity index (χ0n) is 9.61. The zero-order chi connectivity index (χ0) is 13.8. The molecule has 0 aliphatic rings. The number of ether oxygens (including phenoxy) is 1. The fourth-order valence-electron chi connectivity index (χ4n) is 1.21. The monoisotopic (exact) mass is 358 g/mol. The minimum atomic E-state index is -3.95. The van der Waals surface area contributed by atoms with Crippen molar-refractivity contribution in [3.63, 3.8) is 0 Å². The van der Waals surface area contributed by atoms with Gasteiger partial charge in [-0.05, 0) is 22.4 Å². The van der Waals surface area contributed by atoms with Gasteiger partial charge in [0.2, 0.25) is 5.76 Å². The molecule has 0 aliphatic carbocycles. The highest BCUT2D eigenvalue weighted by Gasteiger charge is 2.23. The molecule has 0 spiro atoms. The number of hydrogen-bond acceptors (Lipinski definition) is 5. The number of furan rings is 1. The van der Waals surface area contributed by atoms with E-state index in [0.29, 0.717) is 0 Å². The van der Waals surface area contributed by atoms with E-state index in [1.165, 1.54) is 0 Å². The lowest BCUT2D eigenvalue weighted by molar-refractivity contribution is 0.0460. The van der Waals surface area contributed by atoms with Crippen LogP contribution in [0.4, 0.5) is 0 Å². The van der Waals surface area contributed by atoms with Gasteiger partial charge in [0.25, 0.3) is 9.05 Å². The van der Waals surface area contributed by atoms with Crippen LogP contribution < -0.4 is 0 Å². The summed E-state index contributed by atoms with van der Waals surface area (Å²) in [6, 6.07) is 1.04.